The summed E-state index contributed by atoms with van der Waals surface area (Å²) in [6.45, 7) is 0. The summed E-state index contributed by atoms with van der Waals surface area (Å²) in [5.74, 6) is 0. The summed E-state index contributed by atoms with van der Waals surface area (Å²) >= 11 is 0. The van der Waals surface area contributed by atoms with E-state index in [-0.39, 0.29) is 6.30 Å². The summed E-state index contributed by atoms with van der Waals surface area (Å²) in [5.41, 5.74) is 2.38. The Bertz CT molecular complexity index is 631. The van der Waals surface area contributed by atoms with Crippen LogP contribution in [0.15, 0.2) is 55.0 Å². The van der Waals surface area contributed by atoms with Crippen molar-refractivity contribution in [2.24, 2.45) is 0 Å². The largest absolute Gasteiger partial charge is 0.283 e. The number of aromatic nitrogens is 3. The summed E-state index contributed by atoms with van der Waals surface area (Å²) in [4.78, 5) is 8.42. The number of nitrogens with zero attached hydrogens (tertiary/aromatic N) is 3. The van der Waals surface area contributed by atoms with Crippen LogP contribution in [0.1, 0.15) is 1.37 Å². The lowest BCUT2D eigenvalue weighted by Gasteiger charge is -2.01. The number of fused-ring (bicyclic) bond motifs is 1. The van der Waals surface area contributed by atoms with E-state index in [0.717, 1.165) is 16.9 Å². The standard InChI is InChI=1S/C12H9N3/c1-2-5-10(6-3-1)15-9-14-11-7-4-8-13-12(11)15/h1-9H/i9D. The monoisotopic (exact) mass is 196 g/mol. The van der Waals surface area contributed by atoms with Crippen LogP contribution in [0.25, 0.3) is 16.9 Å². The molecule has 1 aromatic carbocycles. The van der Waals surface area contributed by atoms with Crippen molar-refractivity contribution in [2.45, 2.75) is 0 Å². The van der Waals surface area contributed by atoms with Crippen molar-refractivity contribution in [1.82, 2.24) is 14.5 Å². The summed E-state index contributed by atoms with van der Waals surface area (Å²) in [6, 6.07) is 13.4. The van der Waals surface area contributed by atoms with Crippen LogP contribution in [0, 0.1) is 0 Å². The molecule has 0 aliphatic rings. The third-order valence-corrected chi connectivity index (χ3v) is 2.26. The Kier molecular flexibility index (Phi) is 1.53. The normalized spacial score (nSPS) is 11.6. The van der Waals surface area contributed by atoms with Gasteiger partial charge in [0.05, 0.1) is 0 Å². The molecule has 0 aliphatic heterocycles. The molecule has 3 heteroatoms. The predicted molar refractivity (Wildman–Crippen MR) is 58.9 cm³/mol. The van der Waals surface area contributed by atoms with Crippen LogP contribution in [-0.2, 0) is 0 Å². The highest BCUT2D eigenvalue weighted by atomic mass is 15.1. The zero-order valence-corrected chi connectivity index (χ0v) is 7.96. The van der Waals surface area contributed by atoms with Gasteiger partial charge in [-0.2, -0.15) is 0 Å². The summed E-state index contributed by atoms with van der Waals surface area (Å²) in [6.07, 6.45) is 1.92. The molecule has 0 unspecified atom stereocenters. The minimum atomic E-state index is 0.208. The Balaban J connectivity index is 2.35. The molecule has 0 radical (unpaired) electrons. The number of hydrogen-bond donors (Lipinski definition) is 0. The lowest BCUT2D eigenvalue weighted by molar-refractivity contribution is 1.07. The number of pyridine rings is 1. The van der Waals surface area contributed by atoms with E-state index in [2.05, 4.69) is 9.97 Å². The molecule has 0 N–H and O–H groups in total. The maximum absolute atomic E-state index is 7.85. The van der Waals surface area contributed by atoms with Crippen LogP contribution in [0.5, 0.6) is 0 Å². The van der Waals surface area contributed by atoms with Gasteiger partial charge in [-0.3, -0.25) is 4.57 Å². The number of imidazole rings is 1. The maximum atomic E-state index is 7.85. The first-order chi connectivity index (χ1) is 7.86. The van der Waals surface area contributed by atoms with Crippen molar-refractivity contribution in [3.05, 3.63) is 55.0 Å². The van der Waals surface area contributed by atoms with Crippen LogP contribution in [0.3, 0.4) is 0 Å². The molecule has 0 bridgehead atoms. The molecule has 3 aromatic rings. The Hall–Kier alpha value is -2.16. The molecule has 0 spiro atoms. The van der Waals surface area contributed by atoms with Gasteiger partial charge in [0.2, 0.25) is 0 Å². The number of hydrogen-bond acceptors (Lipinski definition) is 2. The van der Waals surface area contributed by atoms with Crippen molar-refractivity contribution in [3.8, 4) is 5.69 Å². The lowest BCUT2D eigenvalue weighted by Crippen LogP contribution is -1.92. The van der Waals surface area contributed by atoms with Crippen molar-refractivity contribution in [1.29, 1.82) is 0 Å². The first kappa shape index (κ1) is 7.17. The van der Waals surface area contributed by atoms with Gasteiger partial charge < -0.3 is 0 Å². The fraction of sp³-hybridized carbons (Fsp3) is 0. The van der Waals surface area contributed by atoms with E-state index >= 15 is 0 Å². The van der Waals surface area contributed by atoms with Gasteiger partial charge >= 0.3 is 0 Å². The van der Waals surface area contributed by atoms with Crippen LogP contribution >= 0.6 is 0 Å². The molecule has 0 atom stereocenters. The molecular weight excluding hydrogens is 186 g/mol. The summed E-state index contributed by atoms with van der Waals surface area (Å²) in [7, 11) is 0. The fourth-order valence-electron chi connectivity index (χ4n) is 1.56. The Morgan fingerprint density at radius 3 is 2.73 bits per heavy atom. The molecule has 72 valence electrons. The molecule has 3 rings (SSSR count). The van der Waals surface area contributed by atoms with Crippen molar-refractivity contribution >= 4 is 11.2 Å². The second-order valence-electron chi connectivity index (χ2n) is 3.23. The highest BCUT2D eigenvalue weighted by molar-refractivity contribution is 5.72. The summed E-state index contributed by atoms with van der Waals surface area (Å²) in [5, 5.41) is 0. The highest BCUT2D eigenvalue weighted by Crippen LogP contribution is 2.14. The Morgan fingerprint density at radius 2 is 1.87 bits per heavy atom. The van der Waals surface area contributed by atoms with Gasteiger partial charge in [-0.1, -0.05) is 18.2 Å². The van der Waals surface area contributed by atoms with E-state index in [0.29, 0.717) is 0 Å². The molecule has 2 aromatic heterocycles. The van der Waals surface area contributed by atoms with Gasteiger partial charge in [-0.25, -0.2) is 9.97 Å². The third-order valence-electron chi connectivity index (χ3n) is 2.26. The molecule has 0 aliphatic carbocycles. The highest BCUT2D eigenvalue weighted by Gasteiger charge is 2.03. The van der Waals surface area contributed by atoms with Crippen LogP contribution in [0.4, 0.5) is 0 Å². The van der Waals surface area contributed by atoms with Crippen LogP contribution < -0.4 is 0 Å². The van der Waals surface area contributed by atoms with Crippen molar-refractivity contribution in [2.75, 3.05) is 0 Å². The van der Waals surface area contributed by atoms with Gasteiger partial charge in [0.1, 0.15) is 13.2 Å². The quantitative estimate of drug-likeness (QED) is 0.598. The van der Waals surface area contributed by atoms with E-state index in [4.69, 9.17) is 1.37 Å². The zero-order valence-electron chi connectivity index (χ0n) is 8.96. The van der Waals surface area contributed by atoms with E-state index in [1.54, 1.807) is 10.8 Å². The molecule has 0 saturated heterocycles. The minimum absolute atomic E-state index is 0.208. The van der Waals surface area contributed by atoms with E-state index in [1.807, 2.05) is 42.5 Å². The average molecular weight is 196 g/mol. The van der Waals surface area contributed by atoms with Gasteiger partial charge in [0.25, 0.3) is 0 Å². The molecule has 3 nitrogen and oxygen atoms in total. The Morgan fingerprint density at radius 1 is 1.00 bits per heavy atom. The fourth-order valence-corrected chi connectivity index (χ4v) is 1.56. The van der Waals surface area contributed by atoms with Crippen LogP contribution in [0.2, 0.25) is 0 Å². The van der Waals surface area contributed by atoms with Crippen LogP contribution in [-0.4, -0.2) is 14.5 Å². The minimum Gasteiger partial charge on any atom is -0.283 e. The zero-order chi connectivity index (χ0) is 11.0. The van der Waals surface area contributed by atoms with E-state index < -0.39 is 0 Å². The maximum Gasteiger partial charge on any atom is 0.164 e. The number of para-hydroxylation sites is 1. The molecule has 15 heavy (non-hydrogen) atoms. The Labute approximate surface area is 88.4 Å². The van der Waals surface area contributed by atoms with E-state index in [9.17, 15) is 0 Å². The van der Waals surface area contributed by atoms with Gasteiger partial charge in [0.15, 0.2) is 5.65 Å². The third kappa shape index (κ3) is 1.29. The molecule has 2 heterocycles. The average Bonchev–Trinajstić information content (AvgIpc) is 2.66. The topological polar surface area (TPSA) is 30.7 Å². The summed E-state index contributed by atoms with van der Waals surface area (Å²) < 4.78 is 9.58. The van der Waals surface area contributed by atoms with Gasteiger partial charge in [0, 0.05) is 11.9 Å². The first-order valence-electron chi connectivity index (χ1n) is 5.22. The smallest absolute Gasteiger partial charge is 0.164 e. The molecular formula is C12H9N3. The van der Waals surface area contributed by atoms with Crippen molar-refractivity contribution in [3.63, 3.8) is 0 Å². The molecule has 0 amide bonds. The predicted octanol–water partition coefficient (Wildman–Crippen LogP) is 2.42. The van der Waals surface area contributed by atoms with Gasteiger partial charge in [-0.05, 0) is 24.3 Å². The molecule has 0 saturated carbocycles. The lowest BCUT2D eigenvalue weighted by atomic mass is 10.3. The molecule has 0 fully saturated rings. The second kappa shape index (κ2) is 3.20. The first-order valence-corrected chi connectivity index (χ1v) is 4.72. The van der Waals surface area contributed by atoms with Crippen molar-refractivity contribution < 1.29 is 1.37 Å². The number of rotatable bonds is 1. The van der Waals surface area contributed by atoms with E-state index in [1.165, 1.54) is 0 Å². The van der Waals surface area contributed by atoms with Gasteiger partial charge in [-0.15, -0.1) is 0 Å². The second-order valence-corrected chi connectivity index (χ2v) is 3.23. The number of benzene rings is 1. The SMILES string of the molecule is [2H]c1nc2cccnc2n1-c1ccccc1.